The number of unbranched alkanes of at least 4 members (excludes halogenated alkanes) is 6. The van der Waals surface area contributed by atoms with Gasteiger partial charge < -0.3 is 26.6 Å². The Labute approximate surface area is 226 Å². The summed E-state index contributed by atoms with van der Waals surface area (Å²) in [6.45, 7) is 16.9. The second-order valence-electron chi connectivity index (χ2n) is 9.29. The maximum atomic E-state index is 6.34. The lowest BCUT2D eigenvalue weighted by Gasteiger charge is -2.29. The van der Waals surface area contributed by atoms with Crippen LogP contribution in [0.1, 0.15) is 119 Å². The van der Waals surface area contributed by atoms with E-state index in [4.69, 9.17) is 26.6 Å². The van der Waals surface area contributed by atoms with Gasteiger partial charge in [0.2, 0.25) is 0 Å². The summed E-state index contributed by atoms with van der Waals surface area (Å²) in [7, 11) is -5.76. The summed E-state index contributed by atoms with van der Waals surface area (Å²) in [5, 5.41) is 0. The molecule has 36 heavy (non-hydrogen) atoms. The van der Waals surface area contributed by atoms with Gasteiger partial charge in [-0.2, -0.15) is 0 Å². The summed E-state index contributed by atoms with van der Waals surface area (Å²) >= 11 is 0. The normalized spacial score (nSPS) is 12.1. The van der Waals surface area contributed by atoms with Crippen molar-refractivity contribution in [3.05, 3.63) is 0 Å². The monoisotopic (exact) mass is 546 g/mol. The molecule has 0 aliphatic heterocycles. The first-order chi connectivity index (χ1) is 17.6. The van der Waals surface area contributed by atoms with E-state index < -0.39 is 17.6 Å². The van der Waals surface area contributed by atoms with Crippen molar-refractivity contribution in [1.82, 2.24) is 0 Å². The highest BCUT2D eigenvalue weighted by Gasteiger charge is 2.42. The molecule has 0 saturated carbocycles. The van der Waals surface area contributed by atoms with Gasteiger partial charge in [0.25, 0.3) is 0 Å². The van der Waals surface area contributed by atoms with Gasteiger partial charge in [-0.05, 0) is 38.5 Å². The van der Waals surface area contributed by atoms with E-state index in [1.165, 1.54) is 0 Å². The highest BCUT2D eigenvalue weighted by molar-refractivity contribution is 6.62. The van der Waals surface area contributed by atoms with E-state index in [-0.39, 0.29) is 0 Å². The third-order valence-corrected chi connectivity index (χ3v) is 10.7. The van der Waals surface area contributed by atoms with Crippen LogP contribution in [0.4, 0.5) is 0 Å². The van der Waals surface area contributed by atoms with Crippen molar-refractivity contribution < 1.29 is 26.6 Å². The Morgan fingerprint density at radius 3 is 0.722 bits per heavy atom. The molecule has 0 aliphatic carbocycles. The maximum absolute atomic E-state index is 6.34. The summed E-state index contributed by atoms with van der Waals surface area (Å²) < 4.78 is 38.1. The van der Waals surface area contributed by atoms with Gasteiger partial charge in [0, 0.05) is 39.6 Å². The molecule has 0 spiro atoms. The third-order valence-electron chi connectivity index (χ3n) is 5.65. The first-order valence-electron chi connectivity index (χ1n) is 14.9. The molecule has 0 aliphatic rings. The molecule has 8 heteroatoms. The fourth-order valence-electron chi connectivity index (χ4n) is 3.13. The highest BCUT2D eigenvalue weighted by atomic mass is 28.4. The van der Waals surface area contributed by atoms with Gasteiger partial charge in [0.15, 0.2) is 0 Å². The molecule has 0 rings (SSSR count). The third kappa shape index (κ3) is 18.1. The highest BCUT2D eigenvalue weighted by Crippen LogP contribution is 2.20. The zero-order chi connectivity index (χ0) is 26.8. The molecule has 0 N–H and O–H groups in total. The maximum Gasteiger partial charge on any atom is 0.513 e. The van der Waals surface area contributed by atoms with Crippen molar-refractivity contribution in [2.24, 2.45) is 0 Å². The molecule has 0 heterocycles. The molecule has 214 valence electrons. The standard InChI is InChI=1S/C28H58O6Si2/c1-7-13-21-29-35(30-22-14-8-2,31-23-15-9-3)27-19-20-28-36(32-24-16-10-4,33-25-17-11-5)34-26-18-12-6/h7-18,21-28H2,1-6H3. The largest absolute Gasteiger partial charge is 0.513 e. The van der Waals surface area contributed by atoms with Crippen molar-refractivity contribution in [2.75, 3.05) is 39.6 Å². The lowest BCUT2D eigenvalue weighted by molar-refractivity contribution is 0.0582. The van der Waals surface area contributed by atoms with E-state index >= 15 is 0 Å². The van der Waals surface area contributed by atoms with E-state index in [9.17, 15) is 0 Å². The van der Waals surface area contributed by atoms with Crippen LogP contribution in [0.15, 0.2) is 0 Å². The average molecular weight is 547 g/mol. The SMILES string of the molecule is CCCCO[Si](CC#CC[Si](OCCCC)(OCCCC)OCCCC)(OCCCC)OCCCC. The second-order valence-corrected chi connectivity index (χ2v) is 14.5. The van der Waals surface area contributed by atoms with Crippen LogP contribution >= 0.6 is 0 Å². The summed E-state index contributed by atoms with van der Waals surface area (Å²) in [5.41, 5.74) is 0. The minimum atomic E-state index is -2.88. The summed E-state index contributed by atoms with van der Waals surface area (Å²) in [4.78, 5) is 0. The molecule has 0 bridgehead atoms. The van der Waals surface area contributed by atoms with Crippen molar-refractivity contribution >= 4 is 17.6 Å². The fraction of sp³-hybridized carbons (Fsp3) is 0.929. The first kappa shape index (κ1) is 35.8. The molecule has 0 amide bonds. The van der Waals surface area contributed by atoms with Crippen LogP contribution in [0.5, 0.6) is 0 Å². The van der Waals surface area contributed by atoms with Gasteiger partial charge in [-0.3, -0.25) is 0 Å². The molecule has 0 saturated heterocycles. The number of rotatable bonds is 26. The van der Waals surface area contributed by atoms with Gasteiger partial charge in [-0.1, -0.05) is 91.9 Å². The predicted molar refractivity (Wildman–Crippen MR) is 154 cm³/mol. The molecular weight excluding hydrogens is 488 g/mol. The van der Waals surface area contributed by atoms with Gasteiger partial charge in [0.05, 0.1) is 12.1 Å². The minimum absolute atomic E-state index is 0.494. The first-order valence-corrected chi connectivity index (χ1v) is 18.7. The van der Waals surface area contributed by atoms with Gasteiger partial charge in [0.1, 0.15) is 0 Å². The molecular formula is C28H58O6Si2. The smallest absolute Gasteiger partial charge is 0.373 e. The van der Waals surface area contributed by atoms with Crippen LogP contribution in [-0.2, 0) is 26.6 Å². The summed E-state index contributed by atoms with van der Waals surface area (Å²) in [6.07, 6.45) is 12.4. The van der Waals surface area contributed by atoms with Gasteiger partial charge >= 0.3 is 17.6 Å². The van der Waals surface area contributed by atoms with E-state index in [0.717, 1.165) is 77.0 Å². The Hall–Kier alpha value is -0.246. The van der Waals surface area contributed by atoms with Crippen molar-refractivity contribution in [3.8, 4) is 11.8 Å². The fourth-order valence-corrected chi connectivity index (χ4v) is 7.66. The Morgan fingerprint density at radius 2 is 0.556 bits per heavy atom. The molecule has 0 aromatic carbocycles. The second kappa shape index (κ2) is 25.1. The Morgan fingerprint density at radius 1 is 0.361 bits per heavy atom. The van der Waals surface area contributed by atoms with Crippen LogP contribution in [0.25, 0.3) is 0 Å². The molecule has 0 aromatic heterocycles. The topological polar surface area (TPSA) is 55.4 Å². The molecule has 0 unspecified atom stereocenters. The molecule has 0 atom stereocenters. The van der Waals surface area contributed by atoms with Crippen LogP contribution in [0, 0.1) is 11.8 Å². The summed E-state index contributed by atoms with van der Waals surface area (Å²) in [6, 6.07) is 0.987. The lowest BCUT2D eigenvalue weighted by atomic mass is 10.4. The molecule has 0 fully saturated rings. The Kier molecular flexibility index (Phi) is 24.9. The van der Waals surface area contributed by atoms with Gasteiger partial charge in [-0.15, -0.1) is 0 Å². The Bertz CT molecular complexity index is 441. The van der Waals surface area contributed by atoms with Crippen molar-refractivity contribution in [3.63, 3.8) is 0 Å². The van der Waals surface area contributed by atoms with E-state index in [2.05, 4.69) is 53.4 Å². The average Bonchev–Trinajstić information content (AvgIpc) is 2.87. The van der Waals surface area contributed by atoms with E-state index in [0.29, 0.717) is 51.7 Å². The predicted octanol–water partition coefficient (Wildman–Crippen LogP) is 7.77. The van der Waals surface area contributed by atoms with Crippen LogP contribution < -0.4 is 0 Å². The van der Waals surface area contributed by atoms with Crippen molar-refractivity contribution in [1.29, 1.82) is 0 Å². The lowest BCUT2D eigenvalue weighted by Crippen LogP contribution is -2.47. The Balaban J connectivity index is 5.61. The van der Waals surface area contributed by atoms with Crippen LogP contribution in [-0.4, -0.2) is 57.3 Å². The molecule has 6 nitrogen and oxygen atoms in total. The zero-order valence-electron chi connectivity index (χ0n) is 24.6. The van der Waals surface area contributed by atoms with Gasteiger partial charge in [-0.25, -0.2) is 0 Å². The van der Waals surface area contributed by atoms with Crippen LogP contribution in [0.2, 0.25) is 12.1 Å². The number of hydrogen-bond donors (Lipinski definition) is 0. The zero-order valence-corrected chi connectivity index (χ0v) is 26.6. The molecule has 0 aromatic rings. The minimum Gasteiger partial charge on any atom is -0.373 e. The van der Waals surface area contributed by atoms with Crippen molar-refractivity contribution in [2.45, 2.75) is 131 Å². The quantitative estimate of drug-likeness (QED) is 0.0627. The summed E-state index contributed by atoms with van der Waals surface area (Å²) in [5.74, 6) is 6.73. The molecule has 0 radical (unpaired) electrons. The van der Waals surface area contributed by atoms with Crippen LogP contribution in [0.3, 0.4) is 0 Å². The number of hydrogen-bond acceptors (Lipinski definition) is 6. The van der Waals surface area contributed by atoms with E-state index in [1.807, 2.05) is 0 Å². The van der Waals surface area contributed by atoms with E-state index in [1.54, 1.807) is 0 Å².